The first kappa shape index (κ1) is 14.6. The molecule has 21 heavy (non-hydrogen) atoms. The highest BCUT2D eigenvalue weighted by molar-refractivity contribution is 5.88. The minimum absolute atomic E-state index is 0.103. The molecule has 1 aromatic heterocycles. The van der Waals surface area contributed by atoms with Crippen LogP contribution in [0.15, 0.2) is 18.3 Å². The fourth-order valence-electron chi connectivity index (χ4n) is 2.20. The summed E-state index contributed by atoms with van der Waals surface area (Å²) in [5.74, 6) is -0.374. The Labute approximate surface area is 122 Å². The molecule has 0 radical (unpaired) electrons. The molecule has 1 aromatic carbocycles. The summed E-state index contributed by atoms with van der Waals surface area (Å²) < 4.78 is 7.23. The van der Waals surface area contributed by atoms with Crippen molar-refractivity contribution in [2.45, 2.75) is 20.5 Å². The second-order valence-corrected chi connectivity index (χ2v) is 4.77. The van der Waals surface area contributed by atoms with Crippen LogP contribution < -0.4 is 4.74 Å². The third kappa shape index (κ3) is 2.87. The highest BCUT2D eigenvalue weighted by Crippen LogP contribution is 2.25. The Morgan fingerprint density at radius 1 is 1.43 bits per heavy atom. The summed E-state index contributed by atoms with van der Waals surface area (Å²) in [7, 11) is 1.67. The number of aromatic nitrogens is 2. The molecule has 0 bridgehead atoms. The molecular weight excluding hydrogens is 270 g/mol. The molecule has 2 rings (SSSR count). The van der Waals surface area contributed by atoms with E-state index in [4.69, 9.17) is 15.1 Å². The van der Waals surface area contributed by atoms with Gasteiger partial charge in [0.2, 0.25) is 0 Å². The maximum absolute atomic E-state index is 11.1. The molecule has 1 heterocycles. The van der Waals surface area contributed by atoms with Crippen molar-refractivity contribution in [3.63, 3.8) is 0 Å². The van der Waals surface area contributed by atoms with Crippen LogP contribution in [-0.2, 0) is 13.7 Å². The summed E-state index contributed by atoms with van der Waals surface area (Å²) in [4.78, 5) is 11.1. The minimum atomic E-state index is -1.03. The van der Waals surface area contributed by atoms with Gasteiger partial charge in [0.15, 0.2) is 0 Å². The van der Waals surface area contributed by atoms with Crippen molar-refractivity contribution in [1.82, 2.24) is 9.78 Å². The highest BCUT2D eigenvalue weighted by Gasteiger charge is 2.16. The molecule has 0 aliphatic rings. The molecule has 6 heteroatoms. The van der Waals surface area contributed by atoms with Gasteiger partial charge in [-0.3, -0.25) is 4.68 Å². The third-order valence-corrected chi connectivity index (χ3v) is 3.23. The average Bonchev–Trinajstić information content (AvgIpc) is 2.79. The Balaban J connectivity index is 2.28. The van der Waals surface area contributed by atoms with Gasteiger partial charge in [-0.1, -0.05) is 0 Å². The number of benzene rings is 1. The van der Waals surface area contributed by atoms with E-state index in [1.54, 1.807) is 19.2 Å². The van der Waals surface area contributed by atoms with Gasteiger partial charge in [0, 0.05) is 7.05 Å². The zero-order chi connectivity index (χ0) is 15.6. The molecule has 0 unspecified atom stereocenters. The number of nitriles is 1. The Morgan fingerprint density at radius 2 is 2.05 bits per heavy atom. The molecular formula is C15H15N3O3. The predicted molar refractivity (Wildman–Crippen MR) is 75.1 cm³/mol. The standard InChI is InChI=1S/C15H15N3O3/c1-9-4-11(6-16)5-10(2)14(9)21-8-13-12(15(19)20)7-17-18(13)3/h4-5,7H,8H2,1-3H3,(H,19,20). The average molecular weight is 285 g/mol. The van der Waals surface area contributed by atoms with Crippen LogP contribution in [0.3, 0.4) is 0 Å². The molecule has 0 saturated carbocycles. The molecule has 0 spiro atoms. The van der Waals surface area contributed by atoms with Crippen molar-refractivity contribution in [1.29, 1.82) is 5.26 Å². The topological polar surface area (TPSA) is 88.1 Å². The van der Waals surface area contributed by atoms with Crippen LogP contribution in [0.2, 0.25) is 0 Å². The normalized spacial score (nSPS) is 10.2. The monoisotopic (exact) mass is 285 g/mol. The summed E-state index contributed by atoms with van der Waals surface area (Å²) in [6.45, 7) is 3.81. The number of aromatic carboxylic acids is 1. The predicted octanol–water partition coefficient (Wildman–Crippen LogP) is 2.19. The minimum Gasteiger partial charge on any atom is -0.487 e. The van der Waals surface area contributed by atoms with Gasteiger partial charge < -0.3 is 9.84 Å². The summed E-state index contributed by atoms with van der Waals surface area (Å²) in [5.41, 5.74) is 2.87. The molecule has 0 aliphatic heterocycles. The number of carboxylic acids is 1. The van der Waals surface area contributed by atoms with Crippen molar-refractivity contribution >= 4 is 5.97 Å². The summed E-state index contributed by atoms with van der Waals surface area (Å²) in [6.07, 6.45) is 1.31. The van der Waals surface area contributed by atoms with Gasteiger partial charge >= 0.3 is 5.97 Å². The number of carboxylic acid groups (broad SMARTS) is 1. The van der Waals surface area contributed by atoms with Crippen LogP contribution in [0, 0.1) is 25.2 Å². The van der Waals surface area contributed by atoms with Crippen LogP contribution in [0.25, 0.3) is 0 Å². The first-order valence-electron chi connectivity index (χ1n) is 6.32. The second-order valence-electron chi connectivity index (χ2n) is 4.77. The zero-order valence-electron chi connectivity index (χ0n) is 12.0. The highest BCUT2D eigenvalue weighted by atomic mass is 16.5. The lowest BCUT2D eigenvalue weighted by atomic mass is 10.1. The molecule has 1 N–H and O–H groups in total. The summed E-state index contributed by atoms with van der Waals surface area (Å²) >= 11 is 0. The van der Waals surface area contributed by atoms with E-state index in [0.717, 1.165) is 11.1 Å². The first-order valence-corrected chi connectivity index (χ1v) is 6.32. The van der Waals surface area contributed by atoms with Crippen LogP contribution in [0.1, 0.15) is 32.7 Å². The number of hydrogen-bond acceptors (Lipinski definition) is 4. The summed E-state index contributed by atoms with van der Waals surface area (Å²) in [5, 5.41) is 22.0. The van der Waals surface area contributed by atoms with Gasteiger partial charge in [-0.15, -0.1) is 0 Å². The number of aryl methyl sites for hydroxylation is 3. The van der Waals surface area contributed by atoms with E-state index in [0.29, 0.717) is 17.0 Å². The molecule has 6 nitrogen and oxygen atoms in total. The Bertz CT molecular complexity index is 718. The maximum Gasteiger partial charge on any atom is 0.339 e. The van der Waals surface area contributed by atoms with Gasteiger partial charge in [-0.05, 0) is 37.1 Å². The van der Waals surface area contributed by atoms with Crippen LogP contribution >= 0.6 is 0 Å². The Morgan fingerprint density at radius 3 is 2.57 bits per heavy atom. The van der Waals surface area contributed by atoms with Gasteiger partial charge in [-0.25, -0.2) is 4.79 Å². The fraction of sp³-hybridized carbons (Fsp3) is 0.267. The number of carbonyl (C=O) groups is 1. The van der Waals surface area contributed by atoms with Crippen molar-refractivity contribution in [3.8, 4) is 11.8 Å². The van der Waals surface area contributed by atoms with Gasteiger partial charge in [0.05, 0.1) is 23.5 Å². The summed E-state index contributed by atoms with van der Waals surface area (Å²) in [6, 6.07) is 5.57. The SMILES string of the molecule is Cc1cc(C#N)cc(C)c1OCc1c(C(=O)O)cnn1C. The molecule has 0 saturated heterocycles. The van der Waals surface area contributed by atoms with E-state index >= 15 is 0 Å². The van der Waals surface area contributed by atoms with E-state index in [-0.39, 0.29) is 12.2 Å². The quantitative estimate of drug-likeness (QED) is 0.930. The number of nitrogens with zero attached hydrogens (tertiary/aromatic N) is 3. The van der Waals surface area contributed by atoms with E-state index in [9.17, 15) is 4.79 Å². The van der Waals surface area contributed by atoms with Crippen molar-refractivity contribution in [2.75, 3.05) is 0 Å². The number of hydrogen-bond donors (Lipinski definition) is 1. The van der Waals surface area contributed by atoms with Crippen molar-refractivity contribution < 1.29 is 14.6 Å². The maximum atomic E-state index is 11.1. The van der Waals surface area contributed by atoms with Gasteiger partial charge in [0.1, 0.15) is 17.9 Å². The molecule has 2 aromatic rings. The first-order chi connectivity index (χ1) is 9.93. The number of ether oxygens (including phenoxy) is 1. The van der Waals surface area contributed by atoms with Crippen molar-refractivity contribution in [3.05, 3.63) is 46.3 Å². The lowest BCUT2D eigenvalue weighted by molar-refractivity contribution is 0.0693. The van der Waals surface area contributed by atoms with E-state index < -0.39 is 5.97 Å². The molecule has 0 fully saturated rings. The zero-order valence-corrected chi connectivity index (χ0v) is 12.0. The fourth-order valence-corrected chi connectivity index (χ4v) is 2.20. The smallest absolute Gasteiger partial charge is 0.339 e. The van der Waals surface area contributed by atoms with E-state index in [1.165, 1.54) is 10.9 Å². The van der Waals surface area contributed by atoms with Gasteiger partial charge in [0.25, 0.3) is 0 Å². The molecule has 108 valence electrons. The molecule has 0 atom stereocenters. The molecule has 0 aliphatic carbocycles. The largest absolute Gasteiger partial charge is 0.487 e. The van der Waals surface area contributed by atoms with Crippen molar-refractivity contribution in [2.24, 2.45) is 7.05 Å². The lowest BCUT2D eigenvalue weighted by Crippen LogP contribution is -2.09. The van der Waals surface area contributed by atoms with Crippen LogP contribution in [0.5, 0.6) is 5.75 Å². The third-order valence-electron chi connectivity index (χ3n) is 3.23. The second kappa shape index (κ2) is 5.67. The van der Waals surface area contributed by atoms with Crippen LogP contribution in [-0.4, -0.2) is 20.9 Å². The van der Waals surface area contributed by atoms with E-state index in [2.05, 4.69) is 11.2 Å². The van der Waals surface area contributed by atoms with Gasteiger partial charge in [-0.2, -0.15) is 10.4 Å². The van der Waals surface area contributed by atoms with E-state index in [1.807, 2.05) is 13.8 Å². The Hall–Kier alpha value is -2.81. The lowest BCUT2D eigenvalue weighted by Gasteiger charge is -2.13. The Kier molecular flexibility index (Phi) is 3.94. The van der Waals surface area contributed by atoms with Crippen LogP contribution in [0.4, 0.5) is 0 Å². The number of rotatable bonds is 4. The molecule has 0 amide bonds.